The van der Waals surface area contributed by atoms with E-state index in [4.69, 9.17) is 15.0 Å². The number of benzene rings is 1. The minimum absolute atomic E-state index is 0.211. The number of allylic oxidation sites excluding steroid dienone is 1. The molecule has 1 heterocycles. The second-order valence-electron chi connectivity index (χ2n) is 6.05. The Kier molecular flexibility index (Phi) is 4.35. The normalized spacial score (nSPS) is 21.0. The fourth-order valence-corrected chi connectivity index (χ4v) is 3.17. The Labute approximate surface area is 127 Å². The molecule has 0 aromatic heterocycles. The molecule has 2 N–H and O–H groups in total. The zero-order chi connectivity index (χ0) is 14.5. The van der Waals surface area contributed by atoms with Crippen molar-refractivity contribution in [1.29, 1.82) is 0 Å². The lowest BCUT2D eigenvalue weighted by molar-refractivity contribution is 0.355. The molecule has 3 rings (SSSR count). The van der Waals surface area contributed by atoms with Crippen LogP contribution in [0, 0.1) is 0 Å². The van der Waals surface area contributed by atoms with Gasteiger partial charge >= 0.3 is 7.12 Å². The van der Waals surface area contributed by atoms with Gasteiger partial charge in [0.05, 0.1) is 12.5 Å². The summed E-state index contributed by atoms with van der Waals surface area (Å²) in [4.78, 5) is 0. The minimum Gasteiger partial charge on any atom is -0.526 e. The predicted molar refractivity (Wildman–Crippen MR) is 85.3 cm³/mol. The summed E-state index contributed by atoms with van der Waals surface area (Å²) in [6.45, 7) is 0. The summed E-state index contributed by atoms with van der Waals surface area (Å²) in [6.07, 6.45) is 12.0. The van der Waals surface area contributed by atoms with Gasteiger partial charge in [-0.25, -0.2) is 0 Å². The van der Waals surface area contributed by atoms with Crippen LogP contribution in [0.3, 0.4) is 0 Å². The molecule has 0 amide bonds. The van der Waals surface area contributed by atoms with E-state index in [1.54, 1.807) is 12.5 Å². The van der Waals surface area contributed by atoms with Crippen molar-refractivity contribution in [1.82, 2.24) is 0 Å². The summed E-state index contributed by atoms with van der Waals surface area (Å²) >= 11 is 0. The average Bonchev–Trinajstić information content (AvgIpc) is 3.02. The van der Waals surface area contributed by atoms with Gasteiger partial charge in [0.1, 0.15) is 0 Å². The van der Waals surface area contributed by atoms with Gasteiger partial charge in [-0.05, 0) is 30.3 Å². The van der Waals surface area contributed by atoms with E-state index in [0.717, 1.165) is 24.7 Å². The molecule has 1 fully saturated rings. The predicted octanol–water partition coefficient (Wildman–Crippen LogP) is 3.36. The van der Waals surface area contributed by atoms with E-state index in [2.05, 4.69) is 30.3 Å². The lowest BCUT2D eigenvalue weighted by Gasteiger charge is -2.31. The molecule has 0 saturated heterocycles. The van der Waals surface area contributed by atoms with Crippen molar-refractivity contribution in [2.75, 3.05) is 0 Å². The highest BCUT2D eigenvalue weighted by atomic mass is 16.6. The van der Waals surface area contributed by atoms with E-state index < -0.39 is 0 Å². The van der Waals surface area contributed by atoms with Crippen molar-refractivity contribution < 1.29 is 9.31 Å². The van der Waals surface area contributed by atoms with E-state index in [1.165, 1.54) is 24.8 Å². The highest BCUT2D eigenvalue weighted by molar-refractivity contribution is 6.54. The quantitative estimate of drug-likeness (QED) is 0.862. The van der Waals surface area contributed by atoms with E-state index >= 15 is 0 Å². The molecule has 1 saturated carbocycles. The van der Waals surface area contributed by atoms with Crippen LogP contribution in [0.4, 0.5) is 0 Å². The Hall–Kier alpha value is -1.68. The standard InChI is InChI=1S/C17H22BNO2/c19-17(9-5-2-6-10-17)14-16(18-20-11-12-21-18)13-15-7-3-1-4-8-15/h1,3-4,7-8,11-12,14H,2,5-6,9-10,13,19H2. The van der Waals surface area contributed by atoms with E-state index in [-0.39, 0.29) is 12.7 Å². The topological polar surface area (TPSA) is 44.5 Å². The van der Waals surface area contributed by atoms with Gasteiger partial charge in [0.15, 0.2) is 0 Å². The van der Waals surface area contributed by atoms with Gasteiger partial charge in [-0.2, -0.15) is 0 Å². The summed E-state index contributed by atoms with van der Waals surface area (Å²) in [7, 11) is -0.326. The summed E-state index contributed by atoms with van der Waals surface area (Å²) in [5.41, 5.74) is 8.74. The molecular weight excluding hydrogens is 261 g/mol. The third kappa shape index (κ3) is 3.70. The van der Waals surface area contributed by atoms with Gasteiger partial charge in [-0.1, -0.05) is 55.7 Å². The fourth-order valence-electron chi connectivity index (χ4n) is 3.17. The minimum atomic E-state index is -0.326. The molecule has 0 bridgehead atoms. The molecule has 4 heteroatoms. The number of hydrogen-bond acceptors (Lipinski definition) is 3. The average molecular weight is 283 g/mol. The van der Waals surface area contributed by atoms with Crippen LogP contribution in [-0.2, 0) is 15.7 Å². The van der Waals surface area contributed by atoms with Crippen LogP contribution < -0.4 is 5.73 Å². The lowest BCUT2D eigenvalue weighted by Crippen LogP contribution is -2.41. The second-order valence-corrected chi connectivity index (χ2v) is 6.05. The van der Waals surface area contributed by atoms with Crippen LogP contribution in [0.5, 0.6) is 0 Å². The van der Waals surface area contributed by atoms with Crippen LogP contribution in [0.1, 0.15) is 37.7 Å². The highest BCUT2D eigenvalue weighted by Gasteiger charge is 2.33. The second kappa shape index (κ2) is 6.40. The first kappa shape index (κ1) is 14.3. The van der Waals surface area contributed by atoms with Gasteiger partial charge in [0.2, 0.25) is 0 Å². The monoisotopic (exact) mass is 283 g/mol. The molecule has 1 aromatic rings. The van der Waals surface area contributed by atoms with E-state index in [1.807, 2.05) is 6.07 Å². The summed E-state index contributed by atoms with van der Waals surface area (Å²) in [6, 6.07) is 10.4. The van der Waals surface area contributed by atoms with Crippen LogP contribution in [0.25, 0.3) is 0 Å². The molecule has 1 aliphatic heterocycles. The van der Waals surface area contributed by atoms with Gasteiger partial charge < -0.3 is 15.0 Å². The van der Waals surface area contributed by atoms with Crippen LogP contribution >= 0.6 is 0 Å². The van der Waals surface area contributed by atoms with Crippen LogP contribution in [0.2, 0.25) is 0 Å². The molecule has 0 radical (unpaired) electrons. The van der Waals surface area contributed by atoms with Gasteiger partial charge in [0.25, 0.3) is 0 Å². The first-order valence-electron chi connectivity index (χ1n) is 7.76. The number of rotatable bonds is 4. The third-order valence-corrected chi connectivity index (χ3v) is 4.27. The van der Waals surface area contributed by atoms with Crippen molar-refractivity contribution in [3.8, 4) is 0 Å². The number of nitrogens with two attached hydrogens (primary N) is 1. The Morgan fingerprint density at radius 2 is 1.76 bits per heavy atom. The maximum absolute atomic E-state index is 6.57. The molecule has 21 heavy (non-hydrogen) atoms. The maximum atomic E-state index is 6.57. The van der Waals surface area contributed by atoms with Crippen molar-refractivity contribution in [2.45, 2.75) is 44.1 Å². The Morgan fingerprint density at radius 1 is 1.10 bits per heavy atom. The summed E-state index contributed by atoms with van der Waals surface area (Å²) in [5, 5.41) is 0. The van der Waals surface area contributed by atoms with Crippen molar-refractivity contribution >= 4 is 7.12 Å². The molecule has 1 aromatic carbocycles. The summed E-state index contributed by atoms with van der Waals surface area (Å²) < 4.78 is 11.1. The molecule has 2 aliphatic rings. The zero-order valence-corrected chi connectivity index (χ0v) is 12.3. The molecule has 110 valence electrons. The third-order valence-electron chi connectivity index (χ3n) is 4.27. The Morgan fingerprint density at radius 3 is 2.43 bits per heavy atom. The van der Waals surface area contributed by atoms with E-state index in [0.29, 0.717) is 0 Å². The maximum Gasteiger partial charge on any atom is 0.627 e. The molecule has 0 unspecified atom stereocenters. The highest BCUT2D eigenvalue weighted by Crippen LogP contribution is 2.30. The van der Waals surface area contributed by atoms with E-state index in [9.17, 15) is 0 Å². The Bertz CT molecular complexity index is 513. The zero-order valence-electron chi connectivity index (χ0n) is 12.3. The van der Waals surface area contributed by atoms with Gasteiger partial charge in [-0.15, -0.1) is 0 Å². The SMILES string of the molecule is NC1(C=C(Cc2ccccc2)B2OC=CO2)CCCCC1. The molecule has 1 aliphatic carbocycles. The van der Waals surface area contributed by atoms with Crippen molar-refractivity contribution in [3.63, 3.8) is 0 Å². The molecule has 0 atom stereocenters. The molecule has 0 spiro atoms. The van der Waals surface area contributed by atoms with Crippen molar-refractivity contribution in [3.05, 3.63) is 60.0 Å². The first-order chi connectivity index (χ1) is 10.3. The largest absolute Gasteiger partial charge is 0.627 e. The Balaban J connectivity index is 1.81. The van der Waals surface area contributed by atoms with Gasteiger partial charge in [-0.3, -0.25) is 0 Å². The van der Waals surface area contributed by atoms with Crippen molar-refractivity contribution in [2.24, 2.45) is 5.73 Å². The van der Waals surface area contributed by atoms with Crippen LogP contribution in [-0.4, -0.2) is 12.7 Å². The van der Waals surface area contributed by atoms with Crippen LogP contribution in [0.15, 0.2) is 54.4 Å². The lowest BCUT2D eigenvalue weighted by atomic mass is 9.70. The smallest absolute Gasteiger partial charge is 0.526 e. The first-order valence-corrected chi connectivity index (χ1v) is 7.76. The fraction of sp³-hybridized carbons (Fsp3) is 0.412. The number of hydrogen-bond donors (Lipinski definition) is 1. The molecule has 3 nitrogen and oxygen atoms in total. The molecular formula is C17H22BNO2. The van der Waals surface area contributed by atoms with Gasteiger partial charge in [0, 0.05) is 5.54 Å². The summed E-state index contributed by atoms with van der Waals surface area (Å²) in [5.74, 6) is 0.